The number of likely N-dealkylation sites (tertiary alicyclic amines) is 2. The number of ether oxygens (including phenoxy) is 2. The van der Waals surface area contributed by atoms with E-state index in [1.165, 1.54) is 0 Å². The first-order valence-corrected chi connectivity index (χ1v) is 42.2. The van der Waals surface area contributed by atoms with Crippen molar-refractivity contribution < 1.29 is 67.3 Å². The topological polar surface area (TPSA) is 438 Å². The van der Waals surface area contributed by atoms with Crippen molar-refractivity contribution >= 4 is 112 Å². The number of hydrogen-bond acceptors (Lipinski definition) is 24. The van der Waals surface area contributed by atoms with Crippen LogP contribution in [0.25, 0.3) is 0 Å². The van der Waals surface area contributed by atoms with E-state index in [1.807, 2.05) is 26.0 Å². The van der Waals surface area contributed by atoms with Crippen LogP contribution in [0, 0.1) is 11.8 Å². The molecule has 10 amide bonds. The third-order valence-corrected chi connectivity index (χ3v) is 26.5. The average molecular weight is 1600 g/mol. The smallest absolute Gasteiger partial charge is 0.408 e. The summed E-state index contributed by atoms with van der Waals surface area (Å²) in [5.74, 6) is -1.83. The van der Waals surface area contributed by atoms with Gasteiger partial charge in [-0.15, -0.1) is 67.4 Å². The summed E-state index contributed by atoms with van der Waals surface area (Å²) in [7, 11) is 0. The first-order valence-electron chi connectivity index (χ1n) is 38.3. The van der Waals surface area contributed by atoms with Gasteiger partial charge in [-0.25, -0.2) is 9.59 Å². The Bertz CT molecular complexity index is 3720. The lowest BCUT2D eigenvalue weighted by atomic mass is 9.83. The van der Waals surface area contributed by atoms with Crippen molar-refractivity contribution in [2.75, 3.05) is 49.2 Å². The minimum absolute atomic E-state index is 0.105. The fourth-order valence-electron chi connectivity index (χ4n) is 14.7. The van der Waals surface area contributed by atoms with Gasteiger partial charge in [0, 0.05) is 25.9 Å². The Morgan fingerprint density at radius 2 is 0.945 bits per heavy atom. The van der Waals surface area contributed by atoms with E-state index in [0.29, 0.717) is 49.9 Å². The molecule has 2 aromatic heterocycles. The molecule has 110 heavy (non-hydrogen) atoms. The minimum atomic E-state index is -1.68. The van der Waals surface area contributed by atoms with Gasteiger partial charge in [0.15, 0.2) is 6.10 Å². The number of alkyl carbamates (subject to hydrolysis) is 2. The maximum atomic E-state index is 14.6. The van der Waals surface area contributed by atoms with Crippen LogP contribution >= 0.6 is 47.0 Å². The van der Waals surface area contributed by atoms with Gasteiger partial charge >= 0.3 is 12.2 Å². The van der Waals surface area contributed by atoms with Gasteiger partial charge in [-0.3, -0.25) is 43.2 Å². The molecule has 2 spiro atoms. The van der Waals surface area contributed by atoms with Crippen molar-refractivity contribution in [3.63, 3.8) is 0 Å². The number of aliphatic hydroxyl groups excluding tert-OH is 1. The number of aromatic nitrogens is 8. The number of ketones is 1. The monoisotopic (exact) mass is 1600 g/mol. The fraction of sp³-hybridized carbons (Fsp3) is 0.662. The molecule has 6 fully saturated rings. The van der Waals surface area contributed by atoms with Gasteiger partial charge < -0.3 is 66.9 Å². The average Bonchev–Trinajstić information content (AvgIpc) is 1.62. The predicted octanol–water partition coefficient (Wildman–Crippen LogP) is 5.82. The number of carbonyl (C=O) groups excluding carboxylic acids is 11. The van der Waals surface area contributed by atoms with Crippen LogP contribution in [0.15, 0.2) is 60.7 Å². The van der Waals surface area contributed by atoms with Crippen LogP contribution in [0.2, 0.25) is 0 Å². The number of aromatic amines is 2. The van der Waals surface area contributed by atoms with E-state index < -0.39 is 140 Å². The number of aliphatic hydroxyl groups is 1. The SMILES string of the molecule is CCCC(NC(=O)C1CC2(CN1C(=O)C(NC(=O)OC(C)(C)C)C1CCCCC1)SCCCS2)C(=O)C(=O)NCC(=O)NC(c1ccccc1)c1nn[nH]n1.CCCC(NC(=O)C1CC2(CN1C(=O)C(NC(=O)OC(C)(C)C)C1CCCCC1)SCCCS2)C(O)C(=O)NCC(=O)NC(c1ccccc1)c1nn[nH]n1. The van der Waals surface area contributed by atoms with Gasteiger partial charge in [-0.2, -0.15) is 10.4 Å². The number of rotatable bonds is 28. The van der Waals surface area contributed by atoms with Crippen molar-refractivity contribution in [1.82, 2.24) is 93.6 Å². The summed E-state index contributed by atoms with van der Waals surface area (Å²) in [6.45, 7) is 13.9. The highest BCUT2D eigenvalue weighted by molar-refractivity contribution is 8.19. The molecule has 2 aromatic carbocycles. The van der Waals surface area contributed by atoms with E-state index in [-0.39, 0.29) is 48.1 Å². The number of H-pyrrole nitrogens is 2. The molecule has 0 radical (unpaired) electrons. The van der Waals surface area contributed by atoms with E-state index in [1.54, 1.807) is 147 Å². The maximum absolute atomic E-state index is 14.6. The largest absolute Gasteiger partial charge is 0.444 e. The molecule has 2 saturated carbocycles. The van der Waals surface area contributed by atoms with Crippen LogP contribution in [0.3, 0.4) is 0 Å². The highest BCUT2D eigenvalue weighted by Crippen LogP contribution is 2.52. The van der Waals surface area contributed by atoms with Crippen molar-refractivity contribution in [3.05, 3.63) is 83.4 Å². The summed E-state index contributed by atoms with van der Waals surface area (Å²) in [6, 6.07) is 10.7. The van der Waals surface area contributed by atoms with Crippen LogP contribution < -0.4 is 42.5 Å². The highest BCUT2D eigenvalue weighted by Gasteiger charge is 2.55. The first kappa shape index (κ1) is 85.9. The number of tetrazole rings is 2. The number of hydrogen-bond donors (Lipinski definition) is 11. The molecule has 32 nitrogen and oxygen atoms in total. The van der Waals surface area contributed by atoms with E-state index in [9.17, 15) is 57.8 Å². The van der Waals surface area contributed by atoms with E-state index in [4.69, 9.17) is 9.47 Å². The third-order valence-electron chi connectivity index (χ3n) is 19.9. The molecule has 602 valence electrons. The van der Waals surface area contributed by atoms with Crippen LogP contribution in [0.4, 0.5) is 9.59 Å². The van der Waals surface area contributed by atoms with Crippen LogP contribution in [0.1, 0.15) is 206 Å². The number of Topliss-reactive ketones (excluding diaryl/α,β-unsaturated/α-hetero) is 1. The van der Waals surface area contributed by atoms with Crippen LogP contribution in [-0.4, -0.2) is 232 Å². The summed E-state index contributed by atoms with van der Waals surface area (Å²) in [5.41, 5.74) is -0.144. The molecule has 6 heterocycles. The van der Waals surface area contributed by atoms with Gasteiger partial charge in [-0.1, -0.05) is 136 Å². The molecule has 9 unspecified atom stereocenters. The Morgan fingerprint density at radius 1 is 0.536 bits per heavy atom. The number of nitrogens with one attached hydrogen (secondary N) is 10. The second-order valence-electron chi connectivity index (χ2n) is 30.7. The Morgan fingerprint density at radius 3 is 1.34 bits per heavy atom. The van der Waals surface area contributed by atoms with Gasteiger partial charge in [0.2, 0.25) is 52.9 Å². The van der Waals surface area contributed by atoms with Gasteiger partial charge in [0.1, 0.15) is 47.5 Å². The second-order valence-corrected chi connectivity index (χ2v) is 37.1. The van der Waals surface area contributed by atoms with Crippen LogP contribution in [-0.2, 0) is 52.6 Å². The lowest BCUT2D eigenvalue weighted by Gasteiger charge is -2.36. The summed E-state index contributed by atoms with van der Waals surface area (Å²) in [4.78, 5) is 153. The highest BCUT2D eigenvalue weighted by atomic mass is 32.2. The Labute approximate surface area is 658 Å². The Balaban J connectivity index is 0.000000253. The molecule has 4 aromatic rings. The molecule has 2 aliphatic carbocycles. The third kappa shape index (κ3) is 24.5. The molecular formula is C74H108N18O14S4. The van der Waals surface area contributed by atoms with E-state index in [2.05, 4.69) is 83.8 Å². The maximum Gasteiger partial charge on any atom is 0.408 e. The minimum Gasteiger partial charge on any atom is -0.444 e. The van der Waals surface area contributed by atoms with Crippen molar-refractivity contribution in [1.29, 1.82) is 0 Å². The first-order chi connectivity index (χ1) is 52.6. The van der Waals surface area contributed by atoms with Crippen LogP contribution in [0.5, 0.6) is 0 Å². The molecule has 6 aliphatic rings. The lowest BCUT2D eigenvalue weighted by molar-refractivity contribution is -0.143. The summed E-state index contributed by atoms with van der Waals surface area (Å²) >= 11 is 6.96. The predicted molar refractivity (Wildman–Crippen MR) is 416 cm³/mol. The zero-order valence-corrected chi connectivity index (χ0v) is 67.2. The molecule has 4 saturated heterocycles. The summed E-state index contributed by atoms with van der Waals surface area (Å²) < 4.78 is 10.3. The van der Waals surface area contributed by atoms with Gasteiger partial charge in [0.05, 0.1) is 33.3 Å². The molecule has 36 heteroatoms. The fourth-order valence-corrected chi connectivity index (χ4v) is 21.4. The zero-order valence-electron chi connectivity index (χ0n) is 64.0. The number of thioether (sulfide) groups is 4. The normalized spacial score (nSPS) is 20.5. The zero-order chi connectivity index (χ0) is 79.2. The summed E-state index contributed by atoms with van der Waals surface area (Å²) in [5, 5.41) is 61.0. The number of amides is 10. The summed E-state index contributed by atoms with van der Waals surface area (Å²) in [6.07, 6.45) is 10.1. The molecule has 0 bridgehead atoms. The second kappa shape index (κ2) is 40.4. The Kier molecular flexibility index (Phi) is 31.5. The molecule has 9 atom stereocenters. The quantitative estimate of drug-likeness (QED) is 0.0298. The van der Waals surface area contributed by atoms with Crippen molar-refractivity contribution in [2.24, 2.45) is 11.8 Å². The number of benzene rings is 2. The number of nitrogens with zero attached hydrogens (tertiary/aromatic N) is 8. The van der Waals surface area contributed by atoms with Crippen molar-refractivity contribution in [3.8, 4) is 0 Å². The molecule has 10 rings (SSSR count). The van der Waals surface area contributed by atoms with Gasteiger partial charge in [-0.05, 0) is 139 Å². The number of carbonyl (C=O) groups is 11. The molecule has 11 N–H and O–H groups in total. The van der Waals surface area contributed by atoms with E-state index >= 15 is 0 Å². The van der Waals surface area contributed by atoms with E-state index in [0.717, 1.165) is 100 Å². The van der Waals surface area contributed by atoms with Gasteiger partial charge in [0.25, 0.3) is 11.8 Å². The molecule has 4 aliphatic heterocycles. The standard InChI is InChI=1S/C37H55N9O7S2.C37H53N9O7S2/c2*1-5-13-25(30(48)33(50)38-21-27(47)40-28(31-42-44-45-43-31)23-14-8-6-9-15-23)39-32(49)26-20-37(54-18-12-19-55-37)22-46(26)34(51)29(24-16-10-7-11-17-24)41-35(52)53-36(2,3)4/h6,8-9,14-15,24-26,28-30,48H,5,7,10-13,16-22H2,1-4H3,(H,38,50)(H,39,49)(H,40,47)(H,41,52)(H,42,43,44,45);6,8-9,14-15,24-26,28-29H,5,7,10-13,16-22H2,1-4H3,(H,38,50)(H,39,49)(H,40,47)(H,41,52)(H,42,43,44,45). The molecular weight excluding hydrogens is 1490 g/mol. The Hall–Kier alpha value is -8.09. The van der Waals surface area contributed by atoms with Crippen molar-refractivity contribution in [2.45, 2.75) is 245 Å². The lowest BCUT2D eigenvalue weighted by Crippen LogP contribution is -2.59.